The highest BCUT2D eigenvalue weighted by Crippen LogP contribution is 2.32. The van der Waals surface area contributed by atoms with Crippen LogP contribution in [0.5, 0.6) is 11.5 Å². The number of carbonyl (C=O) groups excluding carboxylic acids is 1. The van der Waals surface area contributed by atoms with Gasteiger partial charge < -0.3 is 20.1 Å². The Morgan fingerprint density at radius 1 is 1.04 bits per heavy atom. The van der Waals surface area contributed by atoms with E-state index in [-0.39, 0.29) is 11.7 Å². The molecule has 3 rings (SSSR count). The third kappa shape index (κ3) is 4.86. The van der Waals surface area contributed by atoms with Crippen molar-refractivity contribution in [1.82, 2.24) is 5.32 Å². The minimum atomic E-state index is -0.239. The Morgan fingerprint density at radius 2 is 1.84 bits per heavy atom. The molecule has 6 heteroatoms. The summed E-state index contributed by atoms with van der Waals surface area (Å²) in [5, 5.41) is 5.99. The summed E-state index contributed by atoms with van der Waals surface area (Å²) >= 11 is 0. The van der Waals surface area contributed by atoms with E-state index in [1.807, 2.05) is 18.2 Å². The van der Waals surface area contributed by atoms with Crippen molar-refractivity contribution in [2.24, 2.45) is 0 Å². The molecule has 2 N–H and O–H groups in total. The lowest BCUT2D eigenvalue weighted by Gasteiger charge is -2.19. The van der Waals surface area contributed by atoms with Gasteiger partial charge in [-0.1, -0.05) is 18.2 Å². The average Bonchev–Trinajstić information content (AvgIpc) is 2.63. The molecule has 0 saturated heterocycles. The zero-order chi connectivity index (χ0) is 17.5. The standard InChI is InChI=1S/C19H21FN2O3/c20-16-4-2-1-3-14(16)7-9-22-19(23)8-10-21-15-5-6-17-18(13-15)25-12-11-24-17/h1-6,13,21H,7-12H2,(H,22,23). The first-order valence-corrected chi connectivity index (χ1v) is 8.36. The fraction of sp³-hybridized carbons (Fsp3) is 0.316. The van der Waals surface area contributed by atoms with Crippen LogP contribution in [0.25, 0.3) is 0 Å². The van der Waals surface area contributed by atoms with Crippen LogP contribution >= 0.6 is 0 Å². The van der Waals surface area contributed by atoms with Crippen molar-refractivity contribution in [2.75, 3.05) is 31.6 Å². The molecule has 132 valence electrons. The molecule has 2 aromatic rings. The number of carbonyl (C=O) groups is 1. The number of halogens is 1. The highest BCUT2D eigenvalue weighted by atomic mass is 19.1. The predicted molar refractivity (Wildman–Crippen MR) is 93.7 cm³/mol. The van der Waals surface area contributed by atoms with Gasteiger partial charge >= 0.3 is 0 Å². The zero-order valence-corrected chi connectivity index (χ0v) is 13.9. The molecule has 0 saturated carbocycles. The summed E-state index contributed by atoms with van der Waals surface area (Å²) in [4.78, 5) is 11.9. The largest absolute Gasteiger partial charge is 0.486 e. The second kappa shape index (κ2) is 8.37. The first kappa shape index (κ1) is 17.1. The third-order valence-corrected chi connectivity index (χ3v) is 3.90. The van der Waals surface area contributed by atoms with E-state index in [9.17, 15) is 9.18 Å². The number of benzene rings is 2. The normalized spacial score (nSPS) is 12.5. The van der Waals surface area contributed by atoms with E-state index in [0.29, 0.717) is 50.5 Å². The van der Waals surface area contributed by atoms with Crippen LogP contribution in [0.2, 0.25) is 0 Å². The summed E-state index contributed by atoms with van der Waals surface area (Å²) in [5.41, 5.74) is 1.49. The molecule has 0 spiro atoms. The molecule has 25 heavy (non-hydrogen) atoms. The van der Waals surface area contributed by atoms with Gasteiger partial charge in [-0.25, -0.2) is 4.39 Å². The van der Waals surface area contributed by atoms with E-state index in [1.165, 1.54) is 6.07 Å². The molecule has 0 atom stereocenters. The van der Waals surface area contributed by atoms with Crippen LogP contribution < -0.4 is 20.1 Å². The van der Waals surface area contributed by atoms with E-state index in [1.54, 1.807) is 18.2 Å². The predicted octanol–water partition coefficient (Wildman–Crippen LogP) is 2.76. The van der Waals surface area contributed by atoms with Gasteiger partial charge in [0.05, 0.1) is 0 Å². The average molecular weight is 344 g/mol. The summed E-state index contributed by atoms with van der Waals surface area (Å²) in [7, 11) is 0. The highest BCUT2D eigenvalue weighted by Gasteiger charge is 2.11. The van der Waals surface area contributed by atoms with Crippen molar-refractivity contribution >= 4 is 11.6 Å². The third-order valence-electron chi connectivity index (χ3n) is 3.90. The molecule has 5 nitrogen and oxygen atoms in total. The summed E-state index contributed by atoms with van der Waals surface area (Å²) in [6.07, 6.45) is 0.819. The van der Waals surface area contributed by atoms with Gasteiger partial charge in [-0.05, 0) is 30.2 Å². The van der Waals surface area contributed by atoms with Gasteiger partial charge in [0.1, 0.15) is 19.0 Å². The molecular weight excluding hydrogens is 323 g/mol. The summed E-state index contributed by atoms with van der Waals surface area (Å²) in [6.45, 7) is 2.03. The lowest BCUT2D eigenvalue weighted by Crippen LogP contribution is -2.27. The minimum Gasteiger partial charge on any atom is -0.486 e. The molecule has 0 unspecified atom stereocenters. The fourth-order valence-corrected chi connectivity index (χ4v) is 2.60. The first-order chi connectivity index (χ1) is 12.2. The maximum absolute atomic E-state index is 13.5. The maximum Gasteiger partial charge on any atom is 0.221 e. The van der Waals surface area contributed by atoms with Crippen molar-refractivity contribution in [2.45, 2.75) is 12.8 Å². The van der Waals surface area contributed by atoms with E-state index in [2.05, 4.69) is 10.6 Å². The number of ether oxygens (including phenoxy) is 2. The van der Waals surface area contributed by atoms with Crippen LogP contribution in [0.3, 0.4) is 0 Å². The Hall–Kier alpha value is -2.76. The Kier molecular flexibility index (Phi) is 5.72. The molecule has 0 aromatic heterocycles. The number of fused-ring (bicyclic) bond motifs is 1. The van der Waals surface area contributed by atoms with Crippen LogP contribution in [0.1, 0.15) is 12.0 Å². The fourth-order valence-electron chi connectivity index (χ4n) is 2.60. The van der Waals surface area contributed by atoms with Crippen LogP contribution in [-0.4, -0.2) is 32.2 Å². The number of rotatable bonds is 7. The van der Waals surface area contributed by atoms with E-state index in [4.69, 9.17) is 9.47 Å². The Morgan fingerprint density at radius 3 is 2.68 bits per heavy atom. The molecule has 1 amide bonds. The molecule has 2 aromatic carbocycles. The Bertz CT molecular complexity index is 736. The number of hydrogen-bond acceptors (Lipinski definition) is 4. The van der Waals surface area contributed by atoms with Gasteiger partial charge in [-0.3, -0.25) is 4.79 Å². The highest BCUT2D eigenvalue weighted by molar-refractivity contribution is 5.76. The zero-order valence-electron chi connectivity index (χ0n) is 13.9. The molecule has 0 aliphatic carbocycles. The molecular formula is C19H21FN2O3. The molecule has 1 aliphatic heterocycles. The van der Waals surface area contributed by atoms with Gasteiger partial charge in [0, 0.05) is 31.3 Å². The Balaban J connectivity index is 1.37. The Labute approximate surface area is 146 Å². The van der Waals surface area contributed by atoms with Crippen molar-refractivity contribution < 1.29 is 18.7 Å². The van der Waals surface area contributed by atoms with E-state index >= 15 is 0 Å². The summed E-state index contributed by atoms with van der Waals surface area (Å²) in [6, 6.07) is 12.2. The van der Waals surface area contributed by atoms with Crippen LogP contribution in [0.15, 0.2) is 42.5 Å². The molecule has 1 aliphatic rings. The first-order valence-electron chi connectivity index (χ1n) is 8.36. The lowest BCUT2D eigenvalue weighted by atomic mass is 10.1. The quantitative estimate of drug-likeness (QED) is 0.811. The minimum absolute atomic E-state index is 0.0682. The lowest BCUT2D eigenvalue weighted by molar-refractivity contribution is -0.120. The van der Waals surface area contributed by atoms with Gasteiger partial charge in [-0.15, -0.1) is 0 Å². The number of amides is 1. The monoisotopic (exact) mass is 344 g/mol. The van der Waals surface area contributed by atoms with Crippen LogP contribution in [0.4, 0.5) is 10.1 Å². The maximum atomic E-state index is 13.5. The van der Waals surface area contributed by atoms with Crippen molar-refractivity contribution in [3.05, 3.63) is 53.8 Å². The molecule has 0 fully saturated rings. The number of nitrogens with one attached hydrogen (secondary N) is 2. The van der Waals surface area contributed by atoms with Gasteiger partial charge in [0.15, 0.2) is 11.5 Å². The van der Waals surface area contributed by atoms with Gasteiger partial charge in [0.2, 0.25) is 5.91 Å². The van der Waals surface area contributed by atoms with Gasteiger partial charge in [-0.2, -0.15) is 0 Å². The van der Waals surface area contributed by atoms with E-state index < -0.39 is 0 Å². The molecule has 0 bridgehead atoms. The molecule has 1 heterocycles. The summed E-state index contributed by atoms with van der Waals surface area (Å²) < 4.78 is 24.5. The van der Waals surface area contributed by atoms with Crippen LogP contribution in [0, 0.1) is 5.82 Å². The van der Waals surface area contributed by atoms with Crippen molar-refractivity contribution in [3.8, 4) is 11.5 Å². The summed E-state index contributed by atoms with van der Waals surface area (Å²) in [5.74, 6) is 1.15. The van der Waals surface area contributed by atoms with Crippen molar-refractivity contribution in [3.63, 3.8) is 0 Å². The van der Waals surface area contributed by atoms with E-state index in [0.717, 1.165) is 11.4 Å². The second-order valence-electron chi connectivity index (χ2n) is 5.73. The topological polar surface area (TPSA) is 59.6 Å². The second-order valence-corrected chi connectivity index (χ2v) is 5.73. The van der Waals surface area contributed by atoms with Crippen LogP contribution in [-0.2, 0) is 11.2 Å². The number of hydrogen-bond donors (Lipinski definition) is 2. The smallest absolute Gasteiger partial charge is 0.221 e. The SMILES string of the molecule is O=C(CCNc1ccc2c(c1)OCCO2)NCCc1ccccc1F. The van der Waals surface area contributed by atoms with Crippen molar-refractivity contribution in [1.29, 1.82) is 0 Å². The molecule has 0 radical (unpaired) electrons. The van der Waals surface area contributed by atoms with Gasteiger partial charge in [0.25, 0.3) is 0 Å². The number of anilines is 1.